The third kappa shape index (κ3) is 2.38. The Morgan fingerprint density at radius 2 is 1.96 bits per heavy atom. The largest absolute Gasteiger partial charge is 0.441 e. The van der Waals surface area contributed by atoms with E-state index in [0.29, 0.717) is 17.3 Å². The molecule has 6 heteroatoms. The highest BCUT2D eigenvalue weighted by Gasteiger charge is 2.15. The van der Waals surface area contributed by atoms with E-state index in [1.165, 1.54) is 6.07 Å². The van der Waals surface area contributed by atoms with Crippen LogP contribution in [-0.4, -0.2) is 15.1 Å². The van der Waals surface area contributed by atoms with Crippen molar-refractivity contribution in [2.45, 2.75) is 13.3 Å². The van der Waals surface area contributed by atoms with Gasteiger partial charge in [0, 0.05) is 12.0 Å². The summed E-state index contributed by atoms with van der Waals surface area (Å²) in [5.41, 5.74) is 2.46. The van der Waals surface area contributed by atoms with Gasteiger partial charge in [-0.05, 0) is 30.3 Å². The molecule has 23 heavy (non-hydrogen) atoms. The van der Waals surface area contributed by atoms with Crippen LogP contribution in [0.15, 0.2) is 51.4 Å². The summed E-state index contributed by atoms with van der Waals surface area (Å²) in [6.45, 7) is 1.98. The van der Waals surface area contributed by atoms with E-state index in [1.807, 2.05) is 25.1 Å². The van der Waals surface area contributed by atoms with E-state index in [4.69, 9.17) is 8.94 Å². The lowest BCUT2D eigenvalue weighted by atomic mass is 10.2. The number of hydrogen-bond acceptors (Lipinski definition) is 5. The Morgan fingerprint density at radius 3 is 2.78 bits per heavy atom. The summed E-state index contributed by atoms with van der Waals surface area (Å²) in [4.78, 5) is 8.65. The molecule has 0 bridgehead atoms. The molecular weight excluding hydrogens is 297 g/mol. The van der Waals surface area contributed by atoms with Gasteiger partial charge in [0.25, 0.3) is 5.89 Å². The van der Waals surface area contributed by atoms with Gasteiger partial charge in [0.2, 0.25) is 5.82 Å². The monoisotopic (exact) mass is 309 g/mol. The molecule has 0 aliphatic rings. The Balaban J connectivity index is 1.75. The first kappa shape index (κ1) is 13.6. The average molecular weight is 309 g/mol. The molecule has 4 aromatic rings. The highest BCUT2D eigenvalue weighted by atomic mass is 19.1. The number of hydrogen-bond donors (Lipinski definition) is 0. The van der Waals surface area contributed by atoms with Crippen molar-refractivity contribution in [2.24, 2.45) is 0 Å². The van der Waals surface area contributed by atoms with Crippen molar-refractivity contribution in [3.8, 4) is 22.8 Å². The number of fused-ring (bicyclic) bond motifs is 1. The molecule has 0 saturated heterocycles. The molecule has 0 fully saturated rings. The predicted octanol–water partition coefficient (Wildman–Crippen LogP) is 4.25. The fourth-order valence-electron chi connectivity index (χ4n) is 2.35. The van der Waals surface area contributed by atoms with Crippen LogP contribution in [0.5, 0.6) is 0 Å². The van der Waals surface area contributed by atoms with Gasteiger partial charge in [-0.25, -0.2) is 9.37 Å². The van der Waals surface area contributed by atoms with Gasteiger partial charge in [0.05, 0.1) is 5.56 Å². The van der Waals surface area contributed by atoms with E-state index in [0.717, 1.165) is 17.5 Å². The quantitative estimate of drug-likeness (QED) is 0.566. The zero-order valence-corrected chi connectivity index (χ0v) is 12.3. The maximum atomic E-state index is 13.8. The Morgan fingerprint density at radius 1 is 1.09 bits per heavy atom. The third-order valence-corrected chi connectivity index (χ3v) is 3.52. The van der Waals surface area contributed by atoms with Gasteiger partial charge >= 0.3 is 0 Å². The highest BCUT2D eigenvalue weighted by Crippen LogP contribution is 2.26. The summed E-state index contributed by atoms with van der Waals surface area (Å²) >= 11 is 0. The molecular formula is C17H12FN3O2. The Labute approximate surface area is 130 Å². The minimum atomic E-state index is -0.401. The van der Waals surface area contributed by atoms with Crippen LogP contribution in [0, 0.1) is 5.82 Å². The lowest BCUT2D eigenvalue weighted by molar-refractivity contribution is 0.429. The van der Waals surface area contributed by atoms with E-state index >= 15 is 0 Å². The van der Waals surface area contributed by atoms with E-state index in [9.17, 15) is 4.39 Å². The van der Waals surface area contributed by atoms with Crippen LogP contribution in [0.2, 0.25) is 0 Å². The minimum Gasteiger partial charge on any atom is -0.441 e. The first-order valence-electron chi connectivity index (χ1n) is 7.23. The maximum absolute atomic E-state index is 13.8. The van der Waals surface area contributed by atoms with E-state index in [-0.39, 0.29) is 11.5 Å². The van der Waals surface area contributed by atoms with Crippen LogP contribution >= 0.6 is 0 Å². The van der Waals surface area contributed by atoms with Crippen LogP contribution in [-0.2, 0) is 6.42 Å². The van der Waals surface area contributed by atoms with Crippen molar-refractivity contribution >= 4 is 11.1 Å². The molecule has 4 rings (SSSR count). The number of aromatic nitrogens is 3. The number of benzene rings is 2. The van der Waals surface area contributed by atoms with Gasteiger partial charge in [0.15, 0.2) is 11.5 Å². The van der Waals surface area contributed by atoms with Gasteiger partial charge in [-0.2, -0.15) is 4.98 Å². The van der Waals surface area contributed by atoms with Crippen LogP contribution in [0.1, 0.15) is 12.8 Å². The SMILES string of the molecule is CCc1nc2cc(-c3noc(-c4ccccc4F)n3)ccc2o1. The number of rotatable bonds is 3. The second-order valence-corrected chi connectivity index (χ2v) is 5.05. The van der Waals surface area contributed by atoms with Crippen LogP contribution < -0.4 is 0 Å². The zero-order valence-electron chi connectivity index (χ0n) is 12.3. The summed E-state index contributed by atoms with van der Waals surface area (Å²) in [6.07, 6.45) is 0.726. The fraction of sp³-hybridized carbons (Fsp3) is 0.118. The molecule has 0 aliphatic carbocycles. The molecule has 0 saturated carbocycles. The number of oxazole rings is 1. The van der Waals surface area contributed by atoms with Gasteiger partial charge < -0.3 is 8.94 Å². The summed E-state index contributed by atoms with van der Waals surface area (Å²) < 4.78 is 24.5. The molecule has 114 valence electrons. The number of halogens is 1. The lowest BCUT2D eigenvalue weighted by Crippen LogP contribution is -1.84. The summed E-state index contributed by atoms with van der Waals surface area (Å²) in [7, 11) is 0. The molecule has 2 aromatic heterocycles. The van der Waals surface area contributed by atoms with Crippen LogP contribution in [0.4, 0.5) is 4.39 Å². The van der Waals surface area contributed by atoms with Gasteiger partial charge in [0.1, 0.15) is 11.3 Å². The molecule has 0 unspecified atom stereocenters. The summed E-state index contributed by atoms with van der Waals surface area (Å²) in [5, 5.41) is 3.93. The van der Waals surface area contributed by atoms with E-state index in [1.54, 1.807) is 18.2 Å². The fourth-order valence-corrected chi connectivity index (χ4v) is 2.35. The maximum Gasteiger partial charge on any atom is 0.261 e. The lowest BCUT2D eigenvalue weighted by Gasteiger charge is -1.95. The summed E-state index contributed by atoms with van der Waals surface area (Å²) in [6, 6.07) is 11.7. The molecule has 2 aromatic carbocycles. The molecule has 0 amide bonds. The molecule has 2 heterocycles. The summed E-state index contributed by atoms with van der Waals surface area (Å²) in [5.74, 6) is 0.804. The minimum absolute atomic E-state index is 0.146. The zero-order chi connectivity index (χ0) is 15.8. The molecule has 5 nitrogen and oxygen atoms in total. The average Bonchev–Trinajstić information content (AvgIpc) is 3.21. The molecule has 0 atom stereocenters. The molecule has 0 N–H and O–H groups in total. The van der Waals surface area contributed by atoms with Crippen molar-refractivity contribution in [1.29, 1.82) is 0 Å². The number of nitrogens with zero attached hydrogens (tertiary/aromatic N) is 3. The van der Waals surface area contributed by atoms with Gasteiger partial charge in [-0.3, -0.25) is 0 Å². The van der Waals surface area contributed by atoms with Gasteiger partial charge in [-0.15, -0.1) is 0 Å². The molecule has 0 radical (unpaired) electrons. The molecule has 0 aliphatic heterocycles. The number of aryl methyl sites for hydroxylation is 1. The smallest absolute Gasteiger partial charge is 0.261 e. The second-order valence-electron chi connectivity index (χ2n) is 5.05. The Hall–Kier alpha value is -3.02. The van der Waals surface area contributed by atoms with E-state index < -0.39 is 5.82 Å². The standard InChI is InChI=1S/C17H12FN3O2/c1-2-15-19-13-9-10(7-8-14(13)22-15)16-20-17(23-21-16)11-5-3-4-6-12(11)18/h3-9H,2H2,1H3. The van der Waals surface area contributed by atoms with Crippen molar-refractivity contribution in [3.63, 3.8) is 0 Å². The van der Waals surface area contributed by atoms with Crippen LogP contribution in [0.3, 0.4) is 0 Å². The topological polar surface area (TPSA) is 65.0 Å². The van der Waals surface area contributed by atoms with Crippen molar-refractivity contribution in [2.75, 3.05) is 0 Å². The van der Waals surface area contributed by atoms with Crippen LogP contribution in [0.25, 0.3) is 33.9 Å². The second kappa shape index (κ2) is 5.31. The Kier molecular flexibility index (Phi) is 3.15. The predicted molar refractivity (Wildman–Crippen MR) is 82.1 cm³/mol. The third-order valence-electron chi connectivity index (χ3n) is 3.52. The van der Waals surface area contributed by atoms with Crippen molar-refractivity contribution in [3.05, 3.63) is 54.2 Å². The normalized spacial score (nSPS) is 11.2. The molecule has 0 spiro atoms. The van der Waals surface area contributed by atoms with Gasteiger partial charge in [-0.1, -0.05) is 24.2 Å². The first-order chi connectivity index (χ1) is 11.2. The Bertz CT molecular complexity index is 990. The first-order valence-corrected chi connectivity index (χ1v) is 7.23. The highest BCUT2D eigenvalue weighted by molar-refractivity contribution is 5.78. The van der Waals surface area contributed by atoms with E-state index in [2.05, 4.69) is 15.1 Å². The van der Waals surface area contributed by atoms with Crippen molar-refractivity contribution in [1.82, 2.24) is 15.1 Å². The van der Waals surface area contributed by atoms with Crippen molar-refractivity contribution < 1.29 is 13.3 Å².